The number of nitrogens with two attached hydrogens (primary N) is 1. The number of rotatable bonds is 8. The summed E-state index contributed by atoms with van der Waals surface area (Å²) in [6.45, 7) is 6.19. The Morgan fingerprint density at radius 1 is 1.22 bits per heavy atom. The van der Waals surface area contributed by atoms with E-state index in [9.17, 15) is 0 Å². The van der Waals surface area contributed by atoms with Crippen LogP contribution in [0.3, 0.4) is 0 Å². The number of thiocarbonyl (C=S) groups is 1. The predicted octanol–water partition coefficient (Wildman–Crippen LogP) is 3.01. The molecule has 0 saturated heterocycles. The Bertz CT molecular complexity index is 349. The molecule has 0 amide bonds. The Labute approximate surface area is 116 Å². The normalized spacial score (nSPS) is 11.1. The van der Waals surface area contributed by atoms with Crippen LogP contribution < -0.4 is 5.73 Å². The van der Waals surface area contributed by atoms with Crippen LogP contribution in [-0.2, 0) is 6.42 Å². The van der Waals surface area contributed by atoms with Gasteiger partial charge in [0.05, 0.1) is 4.99 Å². The summed E-state index contributed by atoms with van der Waals surface area (Å²) in [5.41, 5.74) is 7.04. The number of aryl methyl sites for hydroxylation is 1. The molecule has 0 fully saturated rings. The average molecular weight is 264 g/mol. The van der Waals surface area contributed by atoms with Crippen molar-refractivity contribution in [1.29, 1.82) is 0 Å². The highest BCUT2D eigenvalue weighted by Crippen LogP contribution is 2.07. The minimum Gasteiger partial charge on any atom is -0.392 e. The summed E-state index contributed by atoms with van der Waals surface area (Å²) in [6, 6.07) is 11.1. The zero-order valence-corrected chi connectivity index (χ0v) is 12.2. The molecule has 0 bridgehead atoms. The molecule has 0 atom stereocenters. The van der Waals surface area contributed by atoms with Gasteiger partial charge in [0, 0.05) is 12.6 Å². The maximum absolute atomic E-state index is 5.62. The zero-order valence-electron chi connectivity index (χ0n) is 11.4. The first-order chi connectivity index (χ1) is 8.59. The molecule has 3 heteroatoms. The van der Waals surface area contributed by atoms with Gasteiger partial charge in [-0.15, -0.1) is 0 Å². The van der Waals surface area contributed by atoms with Crippen LogP contribution in [-0.4, -0.2) is 29.0 Å². The second-order valence-electron chi connectivity index (χ2n) is 4.97. The summed E-state index contributed by atoms with van der Waals surface area (Å²) in [4.78, 5) is 2.93. The Morgan fingerprint density at radius 3 is 2.44 bits per heavy atom. The van der Waals surface area contributed by atoms with Gasteiger partial charge in [-0.25, -0.2) is 0 Å². The Hall–Kier alpha value is -0.930. The van der Waals surface area contributed by atoms with E-state index in [1.807, 2.05) is 0 Å². The Balaban J connectivity index is 2.25. The number of nitrogens with zero attached hydrogens (tertiary/aromatic N) is 1. The molecular weight excluding hydrogens is 240 g/mol. The van der Waals surface area contributed by atoms with Gasteiger partial charge in [0.25, 0.3) is 0 Å². The molecule has 2 N–H and O–H groups in total. The highest BCUT2D eigenvalue weighted by Gasteiger charge is 2.09. The number of hydrogen-bond donors (Lipinski definition) is 1. The van der Waals surface area contributed by atoms with Gasteiger partial charge in [-0.2, -0.15) is 0 Å². The van der Waals surface area contributed by atoms with Crippen molar-refractivity contribution in [3.8, 4) is 0 Å². The maximum atomic E-state index is 5.62. The van der Waals surface area contributed by atoms with Gasteiger partial charge in [0.2, 0.25) is 0 Å². The molecule has 0 aromatic heterocycles. The van der Waals surface area contributed by atoms with E-state index in [0.717, 1.165) is 19.5 Å². The number of benzene rings is 1. The molecule has 18 heavy (non-hydrogen) atoms. The second kappa shape index (κ2) is 8.22. The van der Waals surface area contributed by atoms with E-state index in [0.29, 0.717) is 11.0 Å². The van der Waals surface area contributed by atoms with Crippen LogP contribution >= 0.6 is 12.2 Å². The first kappa shape index (κ1) is 15.1. The lowest BCUT2D eigenvalue weighted by atomic mass is 10.1. The van der Waals surface area contributed by atoms with Gasteiger partial charge in [-0.3, -0.25) is 4.90 Å². The van der Waals surface area contributed by atoms with Crippen molar-refractivity contribution in [2.75, 3.05) is 13.1 Å². The smallest absolute Gasteiger partial charge is 0.0870 e. The summed E-state index contributed by atoms with van der Waals surface area (Å²) >= 11 is 4.98. The highest BCUT2D eigenvalue weighted by molar-refractivity contribution is 7.80. The number of hydrogen-bond acceptors (Lipinski definition) is 2. The van der Waals surface area contributed by atoms with E-state index in [1.54, 1.807) is 0 Å². The summed E-state index contributed by atoms with van der Waals surface area (Å²) in [6.07, 6.45) is 3.56. The van der Waals surface area contributed by atoms with Crippen molar-refractivity contribution >= 4 is 17.2 Å². The molecule has 100 valence electrons. The van der Waals surface area contributed by atoms with Crippen molar-refractivity contribution < 1.29 is 0 Å². The molecule has 1 aromatic rings. The molecule has 0 aliphatic carbocycles. The van der Waals surface area contributed by atoms with E-state index < -0.39 is 0 Å². The highest BCUT2D eigenvalue weighted by atomic mass is 32.1. The van der Waals surface area contributed by atoms with Gasteiger partial charge in [-0.1, -0.05) is 42.5 Å². The van der Waals surface area contributed by atoms with Gasteiger partial charge < -0.3 is 5.73 Å². The van der Waals surface area contributed by atoms with Gasteiger partial charge >= 0.3 is 0 Å². The van der Waals surface area contributed by atoms with E-state index >= 15 is 0 Å². The third-order valence-electron chi connectivity index (χ3n) is 3.09. The fraction of sp³-hybridized carbons (Fsp3) is 0.533. The average Bonchev–Trinajstić information content (AvgIpc) is 2.33. The molecule has 1 aromatic carbocycles. The molecule has 0 radical (unpaired) electrons. The Morgan fingerprint density at radius 2 is 1.89 bits per heavy atom. The molecule has 0 aliphatic rings. The van der Waals surface area contributed by atoms with Crippen molar-refractivity contribution in [2.24, 2.45) is 5.73 Å². The predicted molar refractivity (Wildman–Crippen MR) is 82.9 cm³/mol. The van der Waals surface area contributed by atoms with E-state index in [2.05, 4.69) is 49.1 Å². The van der Waals surface area contributed by atoms with Gasteiger partial charge in [0.15, 0.2) is 0 Å². The lowest BCUT2D eigenvalue weighted by Crippen LogP contribution is -2.38. The van der Waals surface area contributed by atoms with Crippen LogP contribution in [0.2, 0.25) is 0 Å². The minimum absolute atomic E-state index is 0.503. The van der Waals surface area contributed by atoms with Crippen molar-refractivity contribution in [1.82, 2.24) is 4.90 Å². The summed E-state index contributed by atoms with van der Waals surface area (Å²) in [5.74, 6) is 0. The maximum Gasteiger partial charge on any atom is 0.0870 e. The third kappa shape index (κ3) is 6.12. The topological polar surface area (TPSA) is 29.3 Å². The molecule has 0 heterocycles. The van der Waals surface area contributed by atoms with E-state index in [-0.39, 0.29) is 0 Å². The molecule has 2 nitrogen and oxygen atoms in total. The number of unbranched alkanes of at least 4 members (excludes halogenated alkanes) is 1. The molecule has 1 rings (SSSR count). The molecule has 0 aliphatic heterocycles. The summed E-state index contributed by atoms with van der Waals surface area (Å²) < 4.78 is 0. The second-order valence-corrected chi connectivity index (χ2v) is 5.50. The van der Waals surface area contributed by atoms with Crippen LogP contribution in [0.15, 0.2) is 30.3 Å². The summed E-state index contributed by atoms with van der Waals surface area (Å²) in [7, 11) is 0. The van der Waals surface area contributed by atoms with E-state index in [4.69, 9.17) is 18.0 Å². The third-order valence-corrected chi connectivity index (χ3v) is 3.22. The molecular formula is C15H24N2S. The van der Waals surface area contributed by atoms with Crippen LogP contribution in [0.1, 0.15) is 32.3 Å². The summed E-state index contributed by atoms with van der Waals surface area (Å²) in [5, 5.41) is 0. The zero-order chi connectivity index (χ0) is 13.4. The molecule has 0 saturated carbocycles. The Kier molecular flexibility index (Phi) is 6.91. The largest absolute Gasteiger partial charge is 0.392 e. The first-order valence-electron chi connectivity index (χ1n) is 6.66. The monoisotopic (exact) mass is 264 g/mol. The van der Waals surface area contributed by atoms with Crippen molar-refractivity contribution in [3.63, 3.8) is 0 Å². The van der Waals surface area contributed by atoms with Crippen LogP contribution in [0.25, 0.3) is 0 Å². The molecule has 0 unspecified atom stereocenters. The molecule has 0 spiro atoms. The minimum atomic E-state index is 0.503. The van der Waals surface area contributed by atoms with Crippen molar-refractivity contribution in [3.05, 3.63) is 35.9 Å². The fourth-order valence-corrected chi connectivity index (χ4v) is 2.17. The quantitative estimate of drug-likeness (QED) is 0.578. The van der Waals surface area contributed by atoms with Crippen molar-refractivity contribution in [2.45, 2.75) is 39.2 Å². The lowest BCUT2D eigenvalue weighted by Gasteiger charge is -2.25. The lowest BCUT2D eigenvalue weighted by molar-refractivity contribution is 0.249. The van der Waals surface area contributed by atoms with Crippen LogP contribution in [0.5, 0.6) is 0 Å². The van der Waals surface area contributed by atoms with E-state index in [1.165, 1.54) is 18.4 Å². The first-order valence-corrected chi connectivity index (χ1v) is 7.06. The van der Waals surface area contributed by atoms with Gasteiger partial charge in [0.1, 0.15) is 0 Å². The van der Waals surface area contributed by atoms with Crippen LogP contribution in [0.4, 0.5) is 0 Å². The fourth-order valence-electron chi connectivity index (χ4n) is 2.01. The van der Waals surface area contributed by atoms with Crippen LogP contribution in [0, 0.1) is 0 Å². The SMILES string of the molecule is CC(C)N(CCCCc1ccccc1)CC(N)=S. The standard InChI is InChI=1S/C15H24N2S/c1-13(2)17(12-15(16)18)11-7-6-10-14-8-4-3-5-9-14/h3-5,8-9,13H,6-7,10-12H2,1-2H3,(H2,16,18). The van der Waals surface area contributed by atoms with Gasteiger partial charge in [-0.05, 0) is 45.2 Å².